The summed E-state index contributed by atoms with van der Waals surface area (Å²) in [5.41, 5.74) is 1.07. The van der Waals surface area contributed by atoms with Crippen LogP contribution >= 0.6 is 0 Å². The minimum Gasteiger partial charge on any atom is -0.478 e. The average Bonchev–Trinajstić information content (AvgIpc) is 2.46. The summed E-state index contributed by atoms with van der Waals surface area (Å²) >= 11 is 0. The maximum atomic E-state index is 11.2. The SMILES string of the molecule is CCC1CCCN(c2cc(C(=O)O)cc([N+](=O)[O-])c2C)C1. The largest absolute Gasteiger partial charge is 0.478 e. The van der Waals surface area contributed by atoms with E-state index in [0.717, 1.165) is 38.4 Å². The minimum absolute atomic E-state index is 0.0269. The molecule has 2 rings (SSSR count). The molecule has 6 heteroatoms. The molecular formula is C15H20N2O4. The molecule has 0 saturated carbocycles. The van der Waals surface area contributed by atoms with Crippen LogP contribution in [0.5, 0.6) is 0 Å². The number of aromatic carboxylic acids is 1. The highest BCUT2D eigenvalue weighted by Gasteiger charge is 2.25. The van der Waals surface area contributed by atoms with Crippen molar-refractivity contribution < 1.29 is 14.8 Å². The van der Waals surface area contributed by atoms with Crippen molar-refractivity contribution >= 4 is 17.3 Å². The summed E-state index contributed by atoms with van der Waals surface area (Å²) in [6.07, 6.45) is 3.26. The quantitative estimate of drug-likeness (QED) is 0.680. The lowest BCUT2D eigenvalue weighted by Crippen LogP contribution is -2.35. The number of hydrogen-bond donors (Lipinski definition) is 1. The number of rotatable bonds is 4. The van der Waals surface area contributed by atoms with Crippen LogP contribution in [0, 0.1) is 23.0 Å². The Morgan fingerprint density at radius 2 is 2.24 bits per heavy atom. The summed E-state index contributed by atoms with van der Waals surface area (Å²) in [6, 6.07) is 2.70. The van der Waals surface area contributed by atoms with E-state index >= 15 is 0 Å². The number of hydrogen-bond acceptors (Lipinski definition) is 4. The Hall–Kier alpha value is -2.11. The summed E-state index contributed by atoms with van der Waals surface area (Å²) in [7, 11) is 0. The fourth-order valence-corrected chi connectivity index (χ4v) is 2.94. The molecule has 1 aromatic carbocycles. The number of carbonyl (C=O) groups is 1. The van der Waals surface area contributed by atoms with E-state index in [4.69, 9.17) is 5.11 Å². The molecular weight excluding hydrogens is 272 g/mol. The topological polar surface area (TPSA) is 83.7 Å². The molecule has 0 amide bonds. The number of anilines is 1. The van der Waals surface area contributed by atoms with Crippen molar-refractivity contribution in [3.8, 4) is 0 Å². The summed E-state index contributed by atoms with van der Waals surface area (Å²) in [5, 5.41) is 20.3. The first-order valence-corrected chi connectivity index (χ1v) is 7.21. The number of carboxylic acids is 1. The minimum atomic E-state index is -1.14. The summed E-state index contributed by atoms with van der Waals surface area (Å²) in [6.45, 7) is 5.47. The van der Waals surface area contributed by atoms with E-state index in [0.29, 0.717) is 17.2 Å². The number of nitrogens with zero attached hydrogens (tertiary/aromatic N) is 2. The average molecular weight is 292 g/mol. The van der Waals surface area contributed by atoms with Gasteiger partial charge in [0, 0.05) is 24.8 Å². The van der Waals surface area contributed by atoms with Crippen molar-refractivity contribution in [1.29, 1.82) is 0 Å². The van der Waals surface area contributed by atoms with Crippen LogP contribution in [0.1, 0.15) is 42.1 Å². The predicted octanol–water partition coefficient (Wildman–Crippen LogP) is 3.23. The van der Waals surface area contributed by atoms with Gasteiger partial charge in [0.1, 0.15) is 0 Å². The molecule has 1 heterocycles. The van der Waals surface area contributed by atoms with Crippen LogP contribution in [0.4, 0.5) is 11.4 Å². The summed E-state index contributed by atoms with van der Waals surface area (Å²) < 4.78 is 0. The highest BCUT2D eigenvalue weighted by Crippen LogP contribution is 2.33. The molecule has 1 aliphatic rings. The normalized spacial score (nSPS) is 18.6. The number of benzene rings is 1. The molecule has 1 aromatic rings. The van der Waals surface area contributed by atoms with Gasteiger partial charge in [-0.25, -0.2) is 4.79 Å². The van der Waals surface area contributed by atoms with E-state index in [1.54, 1.807) is 13.0 Å². The van der Waals surface area contributed by atoms with Gasteiger partial charge in [-0.05, 0) is 31.7 Å². The molecule has 114 valence electrons. The van der Waals surface area contributed by atoms with Gasteiger partial charge in [-0.15, -0.1) is 0 Å². The van der Waals surface area contributed by atoms with Crippen LogP contribution in [0.25, 0.3) is 0 Å². The van der Waals surface area contributed by atoms with Crippen LogP contribution in [0.15, 0.2) is 12.1 Å². The van der Waals surface area contributed by atoms with Crippen LogP contribution in [-0.4, -0.2) is 29.1 Å². The van der Waals surface area contributed by atoms with Gasteiger partial charge < -0.3 is 10.0 Å². The first kappa shape index (κ1) is 15.3. The fourth-order valence-electron chi connectivity index (χ4n) is 2.94. The van der Waals surface area contributed by atoms with E-state index in [1.165, 1.54) is 0 Å². The second kappa shape index (κ2) is 6.11. The molecule has 0 spiro atoms. The van der Waals surface area contributed by atoms with Crippen LogP contribution in [0.3, 0.4) is 0 Å². The van der Waals surface area contributed by atoms with Crippen molar-refractivity contribution in [3.05, 3.63) is 33.4 Å². The standard InChI is InChI=1S/C15H20N2O4/c1-3-11-5-4-6-16(9-11)13-7-12(15(18)19)8-14(10(13)2)17(20)21/h7-8,11H,3-6,9H2,1-2H3,(H,18,19). The molecule has 1 fully saturated rings. The Morgan fingerprint density at radius 1 is 1.52 bits per heavy atom. The Balaban J connectivity index is 2.46. The first-order chi connectivity index (χ1) is 9.93. The number of nitro groups is 1. The lowest BCUT2D eigenvalue weighted by Gasteiger charge is -2.35. The zero-order chi connectivity index (χ0) is 15.6. The molecule has 0 aliphatic carbocycles. The smallest absolute Gasteiger partial charge is 0.336 e. The maximum Gasteiger partial charge on any atom is 0.336 e. The third-order valence-electron chi connectivity index (χ3n) is 4.23. The Morgan fingerprint density at radius 3 is 2.81 bits per heavy atom. The summed E-state index contributed by atoms with van der Waals surface area (Å²) in [4.78, 5) is 23.9. The second-order valence-corrected chi connectivity index (χ2v) is 5.56. The van der Waals surface area contributed by atoms with E-state index in [2.05, 4.69) is 11.8 Å². The zero-order valence-corrected chi connectivity index (χ0v) is 12.3. The van der Waals surface area contributed by atoms with Gasteiger partial charge in [-0.2, -0.15) is 0 Å². The van der Waals surface area contributed by atoms with Gasteiger partial charge in [0.2, 0.25) is 0 Å². The molecule has 1 atom stereocenters. The van der Waals surface area contributed by atoms with Gasteiger partial charge in [-0.1, -0.05) is 13.3 Å². The van der Waals surface area contributed by atoms with E-state index < -0.39 is 10.9 Å². The third kappa shape index (κ3) is 3.15. The van der Waals surface area contributed by atoms with Gasteiger partial charge in [-0.3, -0.25) is 10.1 Å². The van der Waals surface area contributed by atoms with Crippen molar-refractivity contribution in [1.82, 2.24) is 0 Å². The Labute approximate surface area is 123 Å². The summed E-state index contributed by atoms with van der Waals surface area (Å²) in [5.74, 6) is -0.575. The molecule has 1 unspecified atom stereocenters. The lowest BCUT2D eigenvalue weighted by molar-refractivity contribution is -0.385. The van der Waals surface area contributed by atoms with Crippen molar-refractivity contribution in [2.24, 2.45) is 5.92 Å². The molecule has 0 aromatic heterocycles. The van der Waals surface area contributed by atoms with Gasteiger partial charge >= 0.3 is 5.97 Å². The molecule has 6 nitrogen and oxygen atoms in total. The molecule has 1 aliphatic heterocycles. The van der Waals surface area contributed by atoms with Crippen LogP contribution in [-0.2, 0) is 0 Å². The van der Waals surface area contributed by atoms with E-state index in [9.17, 15) is 14.9 Å². The maximum absolute atomic E-state index is 11.2. The molecule has 21 heavy (non-hydrogen) atoms. The van der Waals surface area contributed by atoms with Crippen LogP contribution in [0.2, 0.25) is 0 Å². The van der Waals surface area contributed by atoms with E-state index in [1.807, 2.05) is 0 Å². The monoisotopic (exact) mass is 292 g/mol. The predicted molar refractivity (Wildman–Crippen MR) is 80.0 cm³/mol. The first-order valence-electron chi connectivity index (χ1n) is 7.21. The number of nitro benzene ring substituents is 1. The van der Waals surface area contributed by atoms with Crippen molar-refractivity contribution in [2.75, 3.05) is 18.0 Å². The highest BCUT2D eigenvalue weighted by atomic mass is 16.6. The lowest BCUT2D eigenvalue weighted by atomic mass is 9.94. The molecule has 1 N–H and O–H groups in total. The molecule has 1 saturated heterocycles. The molecule has 0 bridgehead atoms. The highest BCUT2D eigenvalue weighted by molar-refractivity contribution is 5.90. The zero-order valence-electron chi connectivity index (χ0n) is 12.3. The Bertz CT molecular complexity index is 571. The van der Waals surface area contributed by atoms with Gasteiger partial charge in [0.25, 0.3) is 5.69 Å². The van der Waals surface area contributed by atoms with Crippen molar-refractivity contribution in [2.45, 2.75) is 33.1 Å². The molecule has 0 radical (unpaired) electrons. The number of piperidine rings is 1. The fraction of sp³-hybridized carbons (Fsp3) is 0.533. The van der Waals surface area contributed by atoms with Crippen LogP contribution < -0.4 is 4.90 Å². The van der Waals surface area contributed by atoms with Gasteiger partial charge in [0.15, 0.2) is 0 Å². The Kier molecular flexibility index (Phi) is 4.45. The number of carboxylic acid groups (broad SMARTS) is 1. The van der Waals surface area contributed by atoms with Gasteiger partial charge in [0.05, 0.1) is 16.1 Å². The third-order valence-corrected chi connectivity index (χ3v) is 4.23. The van der Waals surface area contributed by atoms with E-state index in [-0.39, 0.29) is 11.3 Å². The van der Waals surface area contributed by atoms with Crippen molar-refractivity contribution in [3.63, 3.8) is 0 Å². The second-order valence-electron chi connectivity index (χ2n) is 5.56.